The van der Waals surface area contributed by atoms with Gasteiger partial charge in [0.1, 0.15) is 0 Å². The molecule has 0 aromatic heterocycles. The zero-order valence-electron chi connectivity index (χ0n) is 12.5. The zero-order valence-corrected chi connectivity index (χ0v) is 13.3. The van der Waals surface area contributed by atoms with Crippen molar-refractivity contribution in [3.05, 3.63) is 29.3 Å². The molecule has 1 spiro atoms. The molecule has 2 heterocycles. The van der Waals surface area contributed by atoms with Gasteiger partial charge in [-0.05, 0) is 44.2 Å². The lowest BCUT2D eigenvalue weighted by atomic mass is 9.74. The molecule has 4 heteroatoms. The van der Waals surface area contributed by atoms with E-state index in [1.807, 2.05) is 0 Å². The number of piperidine rings is 1. The molecule has 3 aliphatic rings. The van der Waals surface area contributed by atoms with Crippen molar-refractivity contribution in [2.45, 2.75) is 38.0 Å². The summed E-state index contributed by atoms with van der Waals surface area (Å²) in [6.45, 7) is 5.07. The molecule has 2 aliphatic heterocycles. The molecule has 2 fully saturated rings. The van der Waals surface area contributed by atoms with Gasteiger partial charge in [-0.25, -0.2) is 0 Å². The van der Waals surface area contributed by atoms with Crippen molar-refractivity contribution >= 4 is 24.0 Å². The van der Waals surface area contributed by atoms with Gasteiger partial charge in [-0.15, -0.1) is 12.4 Å². The van der Waals surface area contributed by atoms with Crippen molar-refractivity contribution in [2.75, 3.05) is 25.0 Å². The standard InChI is InChI=1S/C17H22N2O.ClH/c1-12-2-5-15-14(10-12)17(11-18-15)6-8-19(9-7-17)16(20)13-3-4-13;/h2,5,10,13,18H,3-4,6-9,11H2,1H3;1H. The van der Waals surface area contributed by atoms with Gasteiger partial charge < -0.3 is 10.2 Å². The Balaban J connectivity index is 0.00000132. The Kier molecular flexibility index (Phi) is 3.64. The average molecular weight is 307 g/mol. The van der Waals surface area contributed by atoms with Gasteiger partial charge in [0.05, 0.1) is 0 Å². The summed E-state index contributed by atoms with van der Waals surface area (Å²) in [7, 11) is 0. The van der Waals surface area contributed by atoms with Crippen LogP contribution in [0.5, 0.6) is 0 Å². The highest BCUT2D eigenvalue weighted by atomic mass is 35.5. The molecule has 0 bridgehead atoms. The van der Waals surface area contributed by atoms with Gasteiger partial charge in [0, 0.05) is 36.7 Å². The molecule has 0 radical (unpaired) electrons. The molecule has 1 saturated heterocycles. The number of aryl methyl sites for hydroxylation is 1. The molecule has 1 amide bonds. The Labute approximate surface area is 132 Å². The molecule has 1 aromatic rings. The predicted molar refractivity (Wildman–Crippen MR) is 87.1 cm³/mol. The molecule has 4 rings (SSSR count). The van der Waals surface area contributed by atoms with E-state index < -0.39 is 0 Å². The third-order valence-electron chi connectivity index (χ3n) is 5.32. The number of benzene rings is 1. The van der Waals surface area contributed by atoms with Crippen molar-refractivity contribution in [3.63, 3.8) is 0 Å². The summed E-state index contributed by atoms with van der Waals surface area (Å²) in [5.41, 5.74) is 4.39. The topological polar surface area (TPSA) is 32.3 Å². The van der Waals surface area contributed by atoms with Crippen LogP contribution >= 0.6 is 12.4 Å². The third-order valence-corrected chi connectivity index (χ3v) is 5.32. The molecule has 1 saturated carbocycles. The molecule has 3 nitrogen and oxygen atoms in total. The fourth-order valence-electron chi connectivity index (χ4n) is 3.80. The first-order valence-electron chi connectivity index (χ1n) is 7.82. The van der Waals surface area contributed by atoms with E-state index in [0.717, 1.165) is 45.3 Å². The largest absolute Gasteiger partial charge is 0.384 e. The number of hydrogen-bond donors (Lipinski definition) is 1. The summed E-state index contributed by atoms with van der Waals surface area (Å²) >= 11 is 0. The van der Waals surface area contributed by atoms with Gasteiger partial charge in [0.2, 0.25) is 5.91 Å². The summed E-state index contributed by atoms with van der Waals surface area (Å²) in [6.07, 6.45) is 4.44. The lowest BCUT2D eigenvalue weighted by Gasteiger charge is -2.39. The first-order chi connectivity index (χ1) is 9.68. The van der Waals surface area contributed by atoms with Crippen LogP contribution in [0.2, 0.25) is 0 Å². The van der Waals surface area contributed by atoms with Gasteiger partial charge in [0.25, 0.3) is 0 Å². The van der Waals surface area contributed by atoms with Crippen molar-refractivity contribution in [1.82, 2.24) is 4.90 Å². The Morgan fingerprint density at radius 3 is 2.67 bits per heavy atom. The number of rotatable bonds is 1. The number of amides is 1. The molecule has 114 valence electrons. The summed E-state index contributed by atoms with van der Waals surface area (Å²) in [5, 5.41) is 3.56. The van der Waals surface area contributed by atoms with Crippen molar-refractivity contribution in [3.8, 4) is 0 Å². The Bertz CT molecular complexity index is 560. The van der Waals surface area contributed by atoms with Crippen LogP contribution in [0.25, 0.3) is 0 Å². The van der Waals surface area contributed by atoms with Crippen molar-refractivity contribution in [2.24, 2.45) is 5.92 Å². The minimum atomic E-state index is 0. The molecule has 0 atom stereocenters. The van der Waals surface area contributed by atoms with Gasteiger partial charge in [-0.2, -0.15) is 0 Å². The van der Waals surface area contributed by atoms with Gasteiger partial charge in [-0.1, -0.05) is 17.7 Å². The second kappa shape index (κ2) is 5.20. The van der Waals surface area contributed by atoms with E-state index in [4.69, 9.17) is 0 Å². The van der Waals surface area contributed by atoms with Gasteiger partial charge in [-0.3, -0.25) is 4.79 Å². The number of halogens is 1. The highest BCUT2D eigenvalue weighted by Crippen LogP contribution is 2.45. The number of likely N-dealkylation sites (tertiary alicyclic amines) is 1. The number of hydrogen-bond acceptors (Lipinski definition) is 2. The second-order valence-corrected chi connectivity index (χ2v) is 6.78. The fourth-order valence-corrected chi connectivity index (χ4v) is 3.80. The second-order valence-electron chi connectivity index (χ2n) is 6.78. The lowest BCUT2D eigenvalue weighted by molar-refractivity contribution is -0.134. The summed E-state index contributed by atoms with van der Waals surface area (Å²) in [6, 6.07) is 6.73. The maximum absolute atomic E-state index is 12.2. The fraction of sp³-hybridized carbons (Fsp3) is 0.588. The van der Waals surface area contributed by atoms with Crippen molar-refractivity contribution in [1.29, 1.82) is 0 Å². The van der Waals surface area contributed by atoms with E-state index in [0.29, 0.717) is 11.8 Å². The smallest absolute Gasteiger partial charge is 0.225 e. The monoisotopic (exact) mass is 306 g/mol. The van der Waals surface area contributed by atoms with E-state index >= 15 is 0 Å². The highest BCUT2D eigenvalue weighted by Gasteiger charge is 2.43. The first kappa shape index (κ1) is 14.7. The highest BCUT2D eigenvalue weighted by molar-refractivity contribution is 5.85. The van der Waals surface area contributed by atoms with Crippen LogP contribution in [-0.2, 0) is 10.2 Å². The molecule has 0 unspecified atom stereocenters. The first-order valence-corrected chi connectivity index (χ1v) is 7.82. The Morgan fingerprint density at radius 1 is 1.29 bits per heavy atom. The molecular formula is C17H23ClN2O. The SMILES string of the molecule is Cc1ccc2c(c1)C1(CCN(C(=O)C3CC3)CC1)CN2.Cl. The summed E-state index contributed by atoms with van der Waals surface area (Å²) < 4.78 is 0. The number of nitrogens with one attached hydrogen (secondary N) is 1. The van der Waals surface area contributed by atoms with E-state index in [1.165, 1.54) is 16.8 Å². The van der Waals surface area contributed by atoms with Gasteiger partial charge in [0.15, 0.2) is 0 Å². The summed E-state index contributed by atoms with van der Waals surface area (Å²) in [4.78, 5) is 14.3. The molecule has 1 aliphatic carbocycles. The number of carbonyl (C=O) groups excluding carboxylic acids is 1. The van der Waals surface area contributed by atoms with Crippen LogP contribution in [0.3, 0.4) is 0 Å². The molecule has 1 aromatic carbocycles. The quantitative estimate of drug-likeness (QED) is 0.864. The molecule has 1 N–H and O–H groups in total. The lowest BCUT2D eigenvalue weighted by Crippen LogP contribution is -2.46. The van der Waals surface area contributed by atoms with Crippen LogP contribution in [0, 0.1) is 12.8 Å². The number of fused-ring (bicyclic) bond motifs is 2. The van der Waals surface area contributed by atoms with E-state index in [9.17, 15) is 4.79 Å². The predicted octanol–water partition coefficient (Wildman–Crippen LogP) is 3.11. The van der Waals surface area contributed by atoms with E-state index in [1.54, 1.807) is 0 Å². The summed E-state index contributed by atoms with van der Waals surface area (Å²) in [5.74, 6) is 0.774. The third kappa shape index (κ3) is 2.42. The minimum Gasteiger partial charge on any atom is -0.384 e. The number of nitrogens with zero attached hydrogens (tertiary/aromatic N) is 1. The average Bonchev–Trinajstić information content (AvgIpc) is 3.26. The maximum Gasteiger partial charge on any atom is 0.225 e. The Morgan fingerprint density at radius 2 is 2.00 bits per heavy atom. The number of carbonyl (C=O) groups is 1. The molecular weight excluding hydrogens is 284 g/mol. The Hall–Kier alpha value is -1.22. The minimum absolute atomic E-state index is 0. The van der Waals surface area contributed by atoms with Crippen LogP contribution in [0.4, 0.5) is 5.69 Å². The van der Waals surface area contributed by atoms with Crippen LogP contribution in [-0.4, -0.2) is 30.4 Å². The van der Waals surface area contributed by atoms with Crippen molar-refractivity contribution < 1.29 is 4.79 Å². The number of anilines is 1. The normalized spacial score (nSPS) is 22.4. The van der Waals surface area contributed by atoms with Crippen LogP contribution in [0.1, 0.15) is 36.8 Å². The molecule has 21 heavy (non-hydrogen) atoms. The maximum atomic E-state index is 12.2. The van der Waals surface area contributed by atoms with E-state index in [2.05, 4.69) is 35.3 Å². The van der Waals surface area contributed by atoms with Crippen LogP contribution in [0.15, 0.2) is 18.2 Å². The zero-order chi connectivity index (χ0) is 13.7. The van der Waals surface area contributed by atoms with Crippen LogP contribution < -0.4 is 5.32 Å². The van der Waals surface area contributed by atoms with E-state index in [-0.39, 0.29) is 17.8 Å². The van der Waals surface area contributed by atoms with Gasteiger partial charge >= 0.3 is 0 Å².